The molecule has 0 radical (unpaired) electrons. The van der Waals surface area contributed by atoms with Crippen LogP contribution in [0.5, 0.6) is 0 Å². The molecule has 0 amide bonds. The second-order valence-corrected chi connectivity index (χ2v) is 2.10. The highest BCUT2D eigenvalue weighted by molar-refractivity contribution is 5.11. The lowest BCUT2D eigenvalue weighted by Gasteiger charge is -1.90. The number of aryl methyl sites for hydroxylation is 1. The van der Waals surface area contributed by atoms with E-state index in [-0.39, 0.29) is 5.56 Å². The Morgan fingerprint density at radius 3 is 2.80 bits per heavy atom. The SMILES string of the molecule is CNCc1c(C)o[nH]c1=O. The minimum atomic E-state index is -0.146. The molecule has 0 fully saturated rings. The van der Waals surface area contributed by atoms with Crippen molar-refractivity contribution in [2.75, 3.05) is 7.05 Å². The van der Waals surface area contributed by atoms with E-state index < -0.39 is 0 Å². The van der Waals surface area contributed by atoms with Crippen LogP contribution in [0, 0.1) is 6.92 Å². The minimum Gasteiger partial charge on any atom is -0.383 e. The van der Waals surface area contributed by atoms with E-state index >= 15 is 0 Å². The van der Waals surface area contributed by atoms with Crippen molar-refractivity contribution < 1.29 is 4.52 Å². The molecule has 10 heavy (non-hydrogen) atoms. The molecule has 4 nitrogen and oxygen atoms in total. The van der Waals surface area contributed by atoms with Gasteiger partial charge >= 0.3 is 0 Å². The van der Waals surface area contributed by atoms with Gasteiger partial charge in [-0.3, -0.25) is 4.79 Å². The molecular weight excluding hydrogens is 132 g/mol. The fraction of sp³-hybridized carbons (Fsp3) is 0.500. The molecule has 1 aromatic heterocycles. The third kappa shape index (κ3) is 1.11. The molecule has 0 aliphatic heterocycles. The Kier molecular flexibility index (Phi) is 1.91. The van der Waals surface area contributed by atoms with E-state index in [1.165, 1.54) is 0 Å². The fourth-order valence-corrected chi connectivity index (χ4v) is 0.788. The number of aromatic amines is 1. The summed E-state index contributed by atoms with van der Waals surface area (Å²) < 4.78 is 4.77. The molecule has 1 heterocycles. The normalized spacial score (nSPS) is 10.2. The summed E-state index contributed by atoms with van der Waals surface area (Å²) in [4.78, 5) is 10.8. The summed E-state index contributed by atoms with van der Waals surface area (Å²) in [6, 6.07) is 0. The molecule has 0 spiro atoms. The predicted molar refractivity (Wildman–Crippen MR) is 36.8 cm³/mol. The standard InChI is InChI=1S/C6H10N2O2/c1-4-5(3-7-2)6(9)8-10-4/h7H,3H2,1-2H3,(H,8,9). The van der Waals surface area contributed by atoms with Gasteiger partial charge in [0.1, 0.15) is 5.76 Å². The second kappa shape index (κ2) is 2.70. The lowest BCUT2D eigenvalue weighted by atomic mass is 10.3. The topological polar surface area (TPSA) is 58.0 Å². The monoisotopic (exact) mass is 142 g/mol. The van der Waals surface area contributed by atoms with Crippen LogP contribution in [0.2, 0.25) is 0 Å². The Bertz CT molecular complexity index is 261. The molecule has 0 saturated heterocycles. The number of hydrogen-bond acceptors (Lipinski definition) is 3. The molecule has 56 valence electrons. The summed E-state index contributed by atoms with van der Waals surface area (Å²) in [5.41, 5.74) is 0.523. The smallest absolute Gasteiger partial charge is 0.284 e. The van der Waals surface area contributed by atoms with Gasteiger partial charge in [0.25, 0.3) is 5.56 Å². The highest BCUT2D eigenvalue weighted by Gasteiger charge is 2.05. The van der Waals surface area contributed by atoms with Crippen LogP contribution in [0.1, 0.15) is 11.3 Å². The Hall–Kier alpha value is -1.03. The molecule has 1 rings (SSSR count). The van der Waals surface area contributed by atoms with Crippen molar-refractivity contribution in [3.8, 4) is 0 Å². The molecule has 0 aromatic carbocycles. The van der Waals surface area contributed by atoms with Crippen molar-refractivity contribution in [2.24, 2.45) is 0 Å². The first kappa shape index (κ1) is 7.08. The van der Waals surface area contributed by atoms with Gasteiger partial charge in [-0.15, -0.1) is 0 Å². The third-order valence-electron chi connectivity index (χ3n) is 1.35. The number of hydrogen-bond donors (Lipinski definition) is 2. The molecule has 4 heteroatoms. The maximum absolute atomic E-state index is 10.8. The van der Waals surface area contributed by atoms with Crippen molar-refractivity contribution in [1.29, 1.82) is 0 Å². The Labute approximate surface area is 58.2 Å². The molecule has 0 aliphatic rings. The quantitative estimate of drug-likeness (QED) is 0.610. The Morgan fingerprint density at radius 2 is 2.40 bits per heavy atom. The predicted octanol–water partition coefficient (Wildman–Crippen LogP) is -0.00428. The van der Waals surface area contributed by atoms with Crippen molar-refractivity contribution >= 4 is 0 Å². The van der Waals surface area contributed by atoms with Gasteiger partial charge in [-0.2, -0.15) is 5.16 Å². The van der Waals surface area contributed by atoms with Gasteiger partial charge in [-0.25, -0.2) is 0 Å². The van der Waals surface area contributed by atoms with Crippen LogP contribution in [0.25, 0.3) is 0 Å². The molecule has 0 bridgehead atoms. The fourth-order valence-electron chi connectivity index (χ4n) is 0.788. The van der Waals surface area contributed by atoms with Crippen LogP contribution in [-0.2, 0) is 6.54 Å². The summed E-state index contributed by atoms with van der Waals surface area (Å²) in [5.74, 6) is 0.652. The van der Waals surface area contributed by atoms with Gasteiger partial charge < -0.3 is 9.84 Å². The van der Waals surface area contributed by atoms with Crippen LogP contribution >= 0.6 is 0 Å². The van der Waals surface area contributed by atoms with Crippen molar-refractivity contribution in [1.82, 2.24) is 10.5 Å². The highest BCUT2D eigenvalue weighted by atomic mass is 16.5. The van der Waals surface area contributed by atoms with Crippen molar-refractivity contribution in [3.05, 3.63) is 21.7 Å². The van der Waals surface area contributed by atoms with Gasteiger partial charge in [0.15, 0.2) is 0 Å². The molecule has 0 unspecified atom stereocenters. The van der Waals surface area contributed by atoms with E-state index in [1.807, 2.05) is 0 Å². The number of aromatic nitrogens is 1. The third-order valence-corrected chi connectivity index (χ3v) is 1.35. The summed E-state index contributed by atoms with van der Waals surface area (Å²) in [6.07, 6.45) is 0. The molecule has 1 aromatic rings. The summed E-state index contributed by atoms with van der Waals surface area (Å²) in [7, 11) is 1.78. The van der Waals surface area contributed by atoms with E-state index in [0.29, 0.717) is 17.9 Å². The molecule has 0 atom stereocenters. The number of rotatable bonds is 2. The largest absolute Gasteiger partial charge is 0.383 e. The van der Waals surface area contributed by atoms with Gasteiger partial charge in [0.05, 0.1) is 5.56 Å². The van der Waals surface area contributed by atoms with Gasteiger partial charge in [-0.1, -0.05) is 0 Å². The molecular formula is C6H10N2O2. The van der Waals surface area contributed by atoms with E-state index in [4.69, 9.17) is 4.52 Å². The van der Waals surface area contributed by atoms with E-state index in [2.05, 4.69) is 10.5 Å². The van der Waals surface area contributed by atoms with Crippen LogP contribution in [0.4, 0.5) is 0 Å². The first-order chi connectivity index (χ1) is 4.75. The van der Waals surface area contributed by atoms with Gasteiger partial charge in [-0.05, 0) is 14.0 Å². The zero-order chi connectivity index (χ0) is 7.56. The average Bonchev–Trinajstić information content (AvgIpc) is 2.20. The summed E-state index contributed by atoms with van der Waals surface area (Å²) in [5, 5.41) is 5.12. The lowest BCUT2D eigenvalue weighted by molar-refractivity contribution is 0.391. The first-order valence-electron chi connectivity index (χ1n) is 3.07. The zero-order valence-corrected chi connectivity index (χ0v) is 6.02. The van der Waals surface area contributed by atoms with Crippen LogP contribution in [0.3, 0.4) is 0 Å². The molecule has 0 saturated carbocycles. The molecule has 0 aliphatic carbocycles. The van der Waals surface area contributed by atoms with E-state index in [9.17, 15) is 4.79 Å². The molecule has 2 N–H and O–H groups in total. The van der Waals surface area contributed by atoms with Crippen molar-refractivity contribution in [3.63, 3.8) is 0 Å². The average molecular weight is 142 g/mol. The maximum Gasteiger partial charge on any atom is 0.284 e. The lowest BCUT2D eigenvalue weighted by Crippen LogP contribution is -2.14. The Morgan fingerprint density at radius 1 is 1.70 bits per heavy atom. The Balaban J connectivity index is 2.99. The van der Waals surface area contributed by atoms with E-state index in [1.54, 1.807) is 14.0 Å². The van der Waals surface area contributed by atoms with E-state index in [0.717, 1.165) is 0 Å². The maximum atomic E-state index is 10.8. The zero-order valence-electron chi connectivity index (χ0n) is 6.02. The van der Waals surface area contributed by atoms with Crippen molar-refractivity contribution in [2.45, 2.75) is 13.5 Å². The summed E-state index contributed by atoms with van der Waals surface area (Å²) >= 11 is 0. The minimum absolute atomic E-state index is 0.146. The van der Waals surface area contributed by atoms with Crippen LogP contribution < -0.4 is 10.9 Å². The highest BCUT2D eigenvalue weighted by Crippen LogP contribution is 1.98. The number of H-pyrrole nitrogens is 1. The first-order valence-corrected chi connectivity index (χ1v) is 3.07. The van der Waals surface area contributed by atoms with Crippen LogP contribution in [-0.4, -0.2) is 12.2 Å². The van der Waals surface area contributed by atoms with Crippen LogP contribution in [0.15, 0.2) is 9.32 Å². The summed E-state index contributed by atoms with van der Waals surface area (Å²) in [6.45, 7) is 2.31. The van der Waals surface area contributed by atoms with Gasteiger partial charge in [0.2, 0.25) is 0 Å². The number of nitrogens with one attached hydrogen (secondary N) is 2. The second-order valence-electron chi connectivity index (χ2n) is 2.10. The van der Waals surface area contributed by atoms with Gasteiger partial charge in [0, 0.05) is 6.54 Å².